The van der Waals surface area contributed by atoms with Crippen LogP contribution in [0.4, 0.5) is 0 Å². The molecular formula is C18H24N2O3. The van der Waals surface area contributed by atoms with Crippen molar-refractivity contribution in [3.8, 4) is 0 Å². The van der Waals surface area contributed by atoms with Crippen molar-refractivity contribution in [1.29, 1.82) is 0 Å². The molecule has 124 valence electrons. The zero-order chi connectivity index (χ0) is 16.2. The SMILES string of the molecule is O=C(O)c1ccc(C(=O)NCC2CCCN(CC3CC3)C2)cc1. The maximum atomic E-state index is 12.2. The molecule has 2 fully saturated rings. The number of carbonyl (C=O) groups is 2. The third-order valence-corrected chi connectivity index (χ3v) is 4.76. The van der Waals surface area contributed by atoms with Gasteiger partial charge in [0.05, 0.1) is 5.56 Å². The number of amides is 1. The molecule has 5 nitrogen and oxygen atoms in total. The maximum Gasteiger partial charge on any atom is 0.335 e. The first-order chi connectivity index (χ1) is 11.1. The molecule has 2 N–H and O–H groups in total. The Bertz CT molecular complexity index is 566. The zero-order valence-corrected chi connectivity index (χ0v) is 13.3. The van der Waals surface area contributed by atoms with Crippen LogP contribution in [-0.4, -0.2) is 48.1 Å². The van der Waals surface area contributed by atoms with Gasteiger partial charge < -0.3 is 15.3 Å². The first-order valence-electron chi connectivity index (χ1n) is 8.45. The number of hydrogen-bond donors (Lipinski definition) is 2. The first-order valence-corrected chi connectivity index (χ1v) is 8.45. The van der Waals surface area contributed by atoms with Crippen molar-refractivity contribution in [3.63, 3.8) is 0 Å². The van der Waals surface area contributed by atoms with E-state index in [2.05, 4.69) is 10.2 Å². The number of aromatic carboxylic acids is 1. The van der Waals surface area contributed by atoms with Crippen molar-refractivity contribution in [2.24, 2.45) is 11.8 Å². The summed E-state index contributed by atoms with van der Waals surface area (Å²) in [6.07, 6.45) is 5.13. The predicted octanol–water partition coefficient (Wildman–Crippen LogP) is 2.24. The van der Waals surface area contributed by atoms with Gasteiger partial charge in [0, 0.05) is 25.2 Å². The Morgan fingerprint density at radius 1 is 1.09 bits per heavy atom. The molecule has 1 aliphatic heterocycles. The summed E-state index contributed by atoms with van der Waals surface area (Å²) in [5, 5.41) is 11.9. The standard InChI is InChI=1S/C18H24N2O3/c21-17(15-5-7-16(8-6-15)18(22)23)19-10-14-2-1-9-20(12-14)11-13-3-4-13/h5-8,13-14H,1-4,9-12H2,(H,19,21)(H,22,23). The number of carboxylic acid groups (broad SMARTS) is 1. The van der Waals surface area contributed by atoms with Gasteiger partial charge in [-0.1, -0.05) is 0 Å². The van der Waals surface area contributed by atoms with E-state index in [1.54, 1.807) is 12.1 Å². The number of carbonyl (C=O) groups excluding carboxylic acids is 1. The molecule has 0 bridgehead atoms. The summed E-state index contributed by atoms with van der Waals surface area (Å²) in [6, 6.07) is 6.07. The molecule has 1 amide bonds. The lowest BCUT2D eigenvalue weighted by Gasteiger charge is -2.32. The largest absolute Gasteiger partial charge is 0.478 e. The van der Waals surface area contributed by atoms with Gasteiger partial charge in [-0.3, -0.25) is 4.79 Å². The van der Waals surface area contributed by atoms with E-state index >= 15 is 0 Å². The Morgan fingerprint density at radius 3 is 2.43 bits per heavy atom. The quantitative estimate of drug-likeness (QED) is 0.844. The second-order valence-electron chi connectivity index (χ2n) is 6.80. The average molecular weight is 316 g/mol. The highest BCUT2D eigenvalue weighted by Gasteiger charge is 2.27. The number of likely N-dealkylation sites (tertiary alicyclic amines) is 1. The maximum absolute atomic E-state index is 12.2. The fourth-order valence-electron chi connectivity index (χ4n) is 3.25. The average Bonchev–Trinajstić information content (AvgIpc) is 3.37. The molecule has 1 atom stereocenters. The van der Waals surface area contributed by atoms with Crippen LogP contribution in [0.3, 0.4) is 0 Å². The lowest BCUT2D eigenvalue weighted by molar-refractivity contribution is 0.0696. The fraction of sp³-hybridized carbons (Fsp3) is 0.556. The van der Waals surface area contributed by atoms with E-state index in [0.29, 0.717) is 18.0 Å². The van der Waals surface area contributed by atoms with Crippen molar-refractivity contribution in [1.82, 2.24) is 10.2 Å². The van der Waals surface area contributed by atoms with Crippen LogP contribution >= 0.6 is 0 Å². The van der Waals surface area contributed by atoms with Gasteiger partial charge in [0.25, 0.3) is 5.91 Å². The minimum absolute atomic E-state index is 0.124. The Morgan fingerprint density at radius 2 is 1.78 bits per heavy atom. The van der Waals surface area contributed by atoms with Crippen LogP contribution in [0.25, 0.3) is 0 Å². The van der Waals surface area contributed by atoms with Crippen LogP contribution in [0.2, 0.25) is 0 Å². The zero-order valence-electron chi connectivity index (χ0n) is 13.3. The summed E-state index contributed by atoms with van der Waals surface area (Å²) in [7, 11) is 0. The van der Waals surface area contributed by atoms with Crippen LogP contribution in [0.5, 0.6) is 0 Å². The molecule has 23 heavy (non-hydrogen) atoms. The van der Waals surface area contributed by atoms with E-state index in [0.717, 1.165) is 12.5 Å². The van der Waals surface area contributed by atoms with E-state index < -0.39 is 5.97 Å². The minimum atomic E-state index is -0.977. The highest BCUT2D eigenvalue weighted by molar-refractivity contribution is 5.95. The molecule has 1 aromatic rings. The summed E-state index contributed by atoms with van der Waals surface area (Å²) in [6.45, 7) is 4.19. The van der Waals surface area contributed by atoms with E-state index in [1.807, 2.05) is 0 Å². The van der Waals surface area contributed by atoms with Crippen LogP contribution in [-0.2, 0) is 0 Å². The Hall–Kier alpha value is -1.88. The summed E-state index contributed by atoms with van der Waals surface area (Å²) < 4.78 is 0. The molecule has 1 saturated carbocycles. The van der Waals surface area contributed by atoms with Crippen molar-refractivity contribution < 1.29 is 14.7 Å². The summed E-state index contributed by atoms with van der Waals surface area (Å²) in [5.74, 6) is 0.331. The molecular weight excluding hydrogens is 292 g/mol. The molecule has 0 aromatic heterocycles. The van der Waals surface area contributed by atoms with Gasteiger partial charge in [-0.25, -0.2) is 4.79 Å². The number of nitrogens with one attached hydrogen (secondary N) is 1. The van der Waals surface area contributed by atoms with Crippen molar-refractivity contribution in [3.05, 3.63) is 35.4 Å². The molecule has 1 aromatic carbocycles. The highest BCUT2D eigenvalue weighted by atomic mass is 16.4. The Balaban J connectivity index is 1.46. The van der Waals surface area contributed by atoms with Crippen LogP contribution in [0.1, 0.15) is 46.4 Å². The summed E-state index contributed by atoms with van der Waals surface area (Å²) in [4.78, 5) is 25.5. The smallest absolute Gasteiger partial charge is 0.335 e. The second-order valence-corrected chi connectivity index (χ2v) is 6.80. The molecule has 0 spiro atoms. The number of piperidine rings is 1. The van der Waals surface area contributed by atoms with Crippen molar-refractivity contribution >= 4 is 11.9 Å². The lowest BCUT2D eigenvalue weighted by Crippen LogP contribution is -2.41. The van der Waals surface area contributed by atoms with Gasteiger partial charge in [-0.2, -0.15) is 0 Å². The van der Waals surface area contributed by atoms with Crippen LogP contribution in [0, 0.1) is 11.8 Å². The van der Waals surface area contributed by atoms with Gasteiger partial charge in [0.2, 0.25) is 0 Å². The number of nitrogens with zero attached hydrogens (tertiary/aromatic N) is 1. The molecule has 5 heteroatoms. The summed E-state index contributed by atoms with van der Waals surface area (Å²) in [5.41, 5.74) is 0.713. The third-order valence-electron chi connectivity index (χ3n) is 4.76. The fourth-order valence-corrected chi connectivity index (χ4v) is 3.25. The Kier molecular flexibility index (Phi) is 4.96. The number of carboxylic acids is 1. The molecule has 0 radical (unpaired) electrons. The van der Waals surface area contributed by atoms with Crippen molar-refractivity contribution in [2.75, 3.05) is 26.2 Å². The van der Waals surface area contributed by atoms with Crippen LogP contribution < -0.4 is 5.32 Å². The van der Waals surface area contributed by atoms with E-state index in [9.17, 15) is 9.59 Å². The minimum Gasteiger partial charge on any atom is -0.478 e. The molecule has 1 aliphatic carbocycles. The first kappa shape index (κ1) is 16.0. The van der Waals surface area contributed by atoms with E-state index in [4.69, 9.17) is 5.11 Å². The number of benzene rings is 1. The topological polar surface area (TPSA) is 69.6 Å². The molecule has 1 heterocycles. The Labute approximate surface area is 136 Å². The molecule has 1 unspecified atom stereocenters. The van der Waals surface area contributed by atoms with Gasteiger partial charge in [-0.05, 0) is 68.3 Å². The van der Waals surface area contributed by atoms with Crippen molar-refractivity contribution in [2.45, 2.75) is 25.7 Å². The van der Waals surface area contributed by atoms with Gasteiger partial charge in [-0.15, -0.1) is 0 Å². The molecule has 2 aliphatic rings. The van der Waals surface area contributed by atoms with E-state index in [-0.39, 0.29) is 11.5 Å². The second kappa shape index (κ2) is 7.13. The third kappa shape index (κ3) is 4.55. The van der Waals surface area contributed by atoms with Crippen LogP contribution in [0.15, 0.2) is 24.3 Å². The van der Waals surface area contributed by atoms with Gasteiger partial charge in [0.15, 0.2) is 0 Å². The highest BCUT2D eigenvalue weighted by Crippen LogP contribution is 2.31. The number of hydrogen-bond acceptors (Lipinski definition) is 3. The van der Waals surface area contributed by atoms with Gasteiger partial charge >= 0.3 is 5.97 Å². The normalized spacial score (nSPS) is 21.8. The van der Waals surface area contributed by atoms with E-state index in [1.165, 1.54) is 50.9 Å². The lowest BCUT2D eigenvalue weighted by atomic mass is 9.97. The number of rotatable bonds is 6. The monoisotopic (exact) mass is 316 g/mol. The summed E-state index contributed by atoms with van der Waals surface area (Å²) >= 11 is 0. The predicted molar refractivity (Wildman–Crippen MR) is 87.6 cm³/mol. The molecule has 1 saturated heterocycles. The molecule has 3 rings (SSSR count). The van der Waals surface area contributed by atoms with Gasteiger partial charge in [0.1, 0.15) is 0 Å².